The highest BCUT2D eigenvalue weighted by Crippen LogP contribution is 2.29. The van der Waals surface area contributed by atoms with Crippen molar-refractivity contribution in [1.82, 2.24) is 10.6 Å². The van der Waals surface area contributed by atoms with Gasteiger partial charge in [0.15, 0.2) is 0 Å². The lowest BCUT2D eigenvalue weighted by molar-refractivity contribution is -0.122. The summed E-state index contributed by atoms with van der Waals surface area (Å²) in [5, 5.41) is 6.63. The quantitative estimate of drug-likeness (QED) is 0.715. The second kappa shape index (κ2) is 10.4. The van der Waals surface area contributed by atoms with E-state index in [-0.39, 0.29) is 18.3 Å². The van der Waals surface area contributed by atoms with Crippen LogP contribution in [-0.2, 0) is 4.79 Å². The van der Waals surface area contributed by atoms with Gasteiger partial charge in [0.05, 0.1) is 0 Å². The number of piperidine rings is 1. The second-order valence-corrected chi connectivity index (χ2v) is 6.63. The van der Waals surface area contributed by atoms with E-state index in [4.69, 9.17) is 0 Å². The lowest BCUT2D eigenvalue weighted by atomic mass is 9.79. The molecule has 1 fully saturated rings. The molecule has 21 heavy (non-hydrogen) atoms. The molecular weight excluding hydrogens is 284 g/mol. The van der Waals surface area contributed by atoms with Gasteiger partial charge in [-0.1, -0.05) is 27.7 Å². The van der Waals surface area contributed by atoms with Crippen LogP contribution in [0.25, 0.3) is 0 Å². The Morgan fingerprint density at radius 3 is 2.38 bits per heavy atom. The molecule has 0 aliphatic carbocycles. The number of nitrogens with one attached hydrogen (secondary N) is 2. The van der Waals surface area contributed by atoms with E-state index in [9.17, 15) is 4.79 Å². The molecule has 2 atom stereocenters. The highest BCUT2D eigenvalue weighted by atomic mass is 35.5. The second-order valence-electron chi connectivity index (χ2n) is 6.63. The van der Waals surface area contributed by atoms with Crippen LogP contribution in [0.3, 0.4) is 0 Å². The molecule has 1 heterocycles. The minimum atomic E-state index is 0. The predicted octanol–water partition coefficient (Wildman–Crippen LogP) is 3.77. The molecule has 1 saturated heterocycles. The van der Waals surface area contributed by atoms with Gasteiger partial charge < -0.3 is 10.6 Å². The van der Waals surface area contributed by atoms with E-state index in [1.165, 1.54) is 12.8 Å². The molecule has 0 radical (unpaired) electrons. The largest absolute Gasteiger partial charge is 0.356 e. The first-order chi connectivity index (χ1) is 9.56. The van der Waals surface area contributed by atoms with E-state index in [1.807, 2.05) is 0 Å². The van der Waals surface area contributed by atoms with Crippen molar-refractivity contribution in [2.75, 3.05) is 19.6 Å². The smallest absolute Gasteiger partial charge is 0.220 e. The molecule has 0 saturated carbocycles. The topological polar surface area (TPSA) is 41.1 Å². The summed E-state index contributed by atoms with van der Waals surface area (Å²) >= 11 is 0. The summed E-state index contributed by atoms with van der Waals surface area (Å²) in [7, 11) is 0. The van der Waals surface area contributed by atoms with E-state index >= 15 is 0 Å². The Bertz CT molecular complexity index is 278. The number of carbonyl (C=O) groups excluding carboxylic acids is 1. The third-order valence-corrected chi connectivity index (χ3v) is 5.56. The molecule has 0 spiro atoms. The van der Waals surface area contributed by atoms with E-state index in [0.29, 0.717) is 23.7 Å². The van der Waals surface area contributed by atoms with Crippen LogP contribution in [0, 0.1) is 17.3 Å². The third kappa shape index (κ3) is 6.56. The molecular formula is C17H35ClN2O. The van der Waals surface area contributed by atoms with E-state index in [0.717, 1.165) is 38.9 Å². The summed E-state index contributed by atoms with van der Waals surface area (Å²) in [5.74, 6) is 1.40. The lowest BCUT2D eigenvalue weighted by Crippen LogP contribution is -2.39. The van der Waals surface area contributed by atoms with Gasteiger partial charge in [0, 0.05) is 13.0 Å². The highest BCUT2D eigenvalue weighted by Gasteiger charge is 2.26. The first-order valence-corrected chi connectivity index (χ1v) is 8.54. The van der Waals surface area contributed by atoms with Crippen LogP contribution in [0.15, 0.2) is 0 Å². The molecule has 0 bridgehead atoms. The number of hydrogen-bond acceptors (Lipinski definition) is 2. The maximum Gasteiger partial charge on any atom is 0.220 e. The van der Waals surface area contributed by atoms with Gasteiger partial charge in [-0.25, -0.2) is 0 Å². The first-order valence-electron chi connectivity index (χ1n) is 8.54. The van der Waals surface area contributed by atoms with Crippen LogP contribution in [-0.4, -0.2) is 25.5 Å². The molecule has 2 N–H and O–H groups in total. The van der Waals surface area contributed by atoms with Crippen LogP contribution in [0.1, 0.15) is 66.2 Å². The molecule has 4 heteroatoms. The number of halogens is 1. The Kier molecular flexibility index (Phi) is 10.3. The summed E-state index contributed by atoms with van der Waals surface area (Å²) in [5.41, 5.74) is 0.297. The maximum atomic E-state index is 12.2. The molecule has 0 aromatic carbocycles. The van der Waals surface area contributed by atoms with E-state index < -0.39 is 0 Å². The summed E-state index contributed by atoms with van der Waals surface area (Å²) in [6.07, 6.45) is 6.62. The van der Waals surface area contributed by atoms with Crippen molar-refractivity contribution < 1.29 is 4.79 Å². The molecule has 2 unspecified atom stereocenters. The van der Waals surface area contributed by atoms with Crippen molar-refractivity contribution >= 4 is 18.3 Å². The summed E-state index contributed by atoms with van der Waals surface area (Å²) in [4.78, 5) is 12.2. The molecule has 1 rings (SSSR count). The molecule has 0 aromatic heterocycles. The number of amides is 1. The van der Waals surface area contributed by atoms with Crippen molar-refractivity contribution in [3.8, 4) is 0 Å². The Balaban J connectivity index is 0.00000400. The van der Waals surface area contributed by atoms with Gasteiger partial charge >= 0.3 is 0 Å². The molecule has 1 amide bonds. The van der Waals surface area contributed by atoms with Gasteiger partial charge in [0.25, 0.3) is 0 Å². The number of rotatable bonds is 8. The first kappa shape index (κ1) is 20.7. The molecule has 126 valence electrons. The Morgan fingerprint density at radius 1 is 1.29 bits per heavy atom. The molecule has 0 aromatic rings. The average Bonchev–Trinajstić information content (AvgIpc) is 2.50. The van der Waals surface area contributed by atoms with Crippen molar-refractivity contribution in [2.24, 2.45) is 17.3 Å². The van der Waals surface area contributed by atoms with Crippen molar-refractivity contribution in [2.45, 2.75) is 66.2 Å². The van der Waals surface area contributed by atoms with Gasteiger partial charge in [-0.05, 0) is 62.4 Å². The molecule has 1 aliphatic rings. The molecule has 1 aliphatic heterocycles. The van der Waals surface area contributed by atoms with Gasteiger partial charge in [-0.3, -0.25) is 4.79 Å². The maximum absolute atomic E-state index is 12.2. The Hall–Kier alpha value is -0.280. The van der Waals surface area contributed by atoms with Gasteiger partial charge in [-0.15, -0.1) is 12.4 Å². The Labute approximate surface area is 137 Å². The third-order valence-electron chi connectivity index (χ3n) is 5.56. The van der Waals surface area contributed by atoms with Gasteiger partial charge in [-0.2, -0.15) is 0 Å². The van der Waals surface area contributed by atoms with Crippen LogP contribution in [0.5, 0.6) is 0 Å². The van der Waals surface area contributed by atoms with Crippen LogP contribution in [0.4, 0.5) is 0 Å². The summed E-state index contributed by atoms with van der Waals surface area (Å²) in [6, 6.07) is 0. The van der Waals surface area contributed by atoms with Crippen LogP contribution < -0.4 is 10.6 Å². The minimum Gasteiger partial charge on any atom is -0.356 e. The molecule has 3 nitrogen and oxygen atoms in total. The van der Waals surface area contributed by atoms with Crippen LogP contribution >= 0.6 is 12.4 Å². The van der Waals surface area contributed by atoms with Gasteiger partial charge in [0.1, 0.15) is 0 Å². The standard InChI is InChI=1S/C17H34N2O.ClH/c1-5-17(6-2,7-3)13-19-16(20)11-14(4)15-9-8-10-18-12-15;/h14-15,18H,5-13H2,1-4H3,(H,19,20);1H. The monoisotopic (exact) mass is 318 g/mol. The SMILES string of the molecule is CCC(CC)(CC)CNC(=O)CC(C)C1CCCNC1.Cl. The fraction of sp³-hybridized carbons (Fsp3) is 0.941. The number of hydrogen-bond donors (Lipinski definition) is 2. The van der Waals surface area contributed by atoms with Gasteiger partial charge in [0.2, 0.25) is 5.91 Å². The van der Waals surface area contributed by atoms with Crippen molar-refractivity contribution in [3.63, 3.8) is 0 Å². The minimum absolute atomic E-state index is 0. The van der Waals surface area contributed by atoms with Crippen molar-refractivity contribution in [1.29, 1.82) is 0 Å². The zero-order valence-corrected chi connectivity index (χ0v) is 15.2. The van der Waals surface area contributed by atoms with Crippen molar-refractivity contribution in [3.05, 3.63) is 0 Å². The summed E-state index contributed by atoms with van der Waals surface area (Å²) < 4.78 is 0. The van der Waals surface area contributed by atoms with Crippen LogP contribution in [0.2, 0.25) is 0 Å². The zero-order chi connectivity index (χ0) is 15.0. The normalized spacial score (nSPS) is 20.5. The Morgan fingerprint density at radius 2 is 1.90 bits per heavy atom. The fourth-order valence-corrected chi connectivity index (χ4v) is 3.31. The fourth-order valence-electron chi connectivity index (χ4n) is 3.31. The number of carbonyl (C=O) groups is 1. The van der Waals surface area contributed by atoms with E-state index in [1.54, 1.807) is 0 Å². The summed E-state index contributed by atoms with van der Waals surface area (Å²) in [6.45, 7) is 12.0. The average molecular weight is 319 g/mol. The lowest BCUT2D eigenvalue weighted by Gasteiger charge is -2.31. The predicted molar refractivity (Wildman–Crippen MR) is 92.9 cm³/mol. The van der Waals surface area contributed by atoms with E-state index in [2.05, 4.69) is 38.3 Å². The zero-order valence-electron chi connectivity index (χ0n) is 14.3. The highest BCUT2D eigenvalue weighted by molar-refractivity contribution is 5.85.